The fraction of sp³-hybridized carbons (Fsp3) is 1.00. The van der Waals surface area contributed by atoms with Crippen molar-refractivity contribution in [3.8, 4) is 0 Å². The average molecular weight is 193 g/mol. The van der Waals surface area contributed by atoms with E-state index in [4.69, 9.17) is 11.6 Å². The Hall–Kier alpha value is 0.210. The number of aliphatic hydroxyl groups is 1. The number of quaternary nitrogens is 1. The summed E-state index contributed by atoms with van der Waals surface area (Å²) in [5.41, 5.74) is 0. The molecule has 1 heterocycles. The second-order valence-electron chi connectivity index (χ2n) is 4.02. The van der Waals surface area contributed by atoms with Crippen LogP contribution in [0.5, 0.6) is 0 Å². The van der Waals surface area contributed by atoms with Crippen molar-refractivity contribution in [1.82, 2.24) is 0 Å². The quantitative estimate of drug-likeness (QED) is 0.403. The lowest BCUT2D eigenvalue weighted by Crippen LogP contribution is -2.61. The van der Waals surface area contributed by atoms with E-state index in [1.807, 2.05) is 0 Å². The zero-order valence-corrected chi connectivity index (χ0v) is 8.77. The Bertz CT molecular complexity index is 157. The van der Waals surface area contributed by atoms with Crippen molar-refractivity contribution >= 4 is 11.6 Å². The summed E-state index contributed by atoms with van der Waals surface area (Å²) in [6.07, 6.45) is 4.04. The van der Waals surface area contributed by atoms with Crippen LogP contribution in [0.3, 0.4) is 0 Å². The van der Waals surface area contributed by atoms with Crippen molar-refractivity contribution < 1.29 is 9.59 Å². The summed E-state index contributed by atoms with van der Waals surface area (Å²) in [6, 6.07) is 0. The number of likely N-dealkylation sites (tertiary alicyclic amines) is 1. The highest BCUT2D eigenvalue weighted by molar-refractivity contribution is 6.21. The average Bonchev–Trinajstić information content (AvgIpc) is 1.96. The molecule has 1 aliphatic heterocycles. The molecule has 2 atom stereocenters. The van der Waals surface area contributed by atoms with Gasteiger partial charge in [0.25, 0.3) is 5.18 Å². The summed E-state index contributed by atoms with van der Waals surface area (Å²) < 4.78 is 0.616. The number of rotatable bonds is 2. The van der Waals surface area contributed by atoms with Gasteiger partial charge in [-0.3, -0.25) is 4.48 Å². The number of hydrogen-bond acceptors (Lipinski definition) is 1. The van der Waals surface area contributed by atoms with Gasteiger partial charge in [0.15, 0.2) is 0 Å². The molecule has 1 saturated heterocycles. The van der Waals surface area contributed by atoms with Crippen molar-refractivity contribution in [2.45, 2.75) is 37.8 Å². The summed E-state index contributed by atoms with van der Waals surface area (Å²) in [4.78, 5) is 0. The zero-order chi connectivity index (χ0) is 9.24. The van der Waals surface area contributed by atoms with Gasteiger partial charge in [-0.25, -0.2) is 0 Å². The molecule has 0 spiro atoms. The SMILES string of the molecule is CCC[N+]1(C)CCCCC1(O)Cl. The molecule has 0 bridgehead atoms. The van der Waals surface area contributed by atoms with E-state index in [0.29, 0.717) is 4.48 Å². The Labute approximate surface area is 79.7 Å². The Kier molecular flexibility index (Phi) is 3.02. The van der Waals surface area contributed by atoms with E-state index in [1.165, 1.54) is 6.42 Å². The maximum Gasteiger partial charge on any atom is 0.280 e. The third-order valence-electron chi connectivity index (χ3n) is 2.94. The molecular weight excluding hydrogens is 174 g/mol. The third-order valence-corrected chi connectivity index (χ3v) is 3.54. The Morgan fingerprint density at radius 1 is 1.50 bits per heavy atom. The maximum absolute atomic E-state index is 9.96. The highest BCUT2D eigenvalue weighted by Crippen LogP contribution is 2.35. The van der Waals surface area contributed by atoms with Crippen molar-refractivity contribution in [3.63, 3.8) is 0 Å². The van der Waals surface area contributed by atoms with Crippen LogP contribution in [0.4, 0.5) is 0 Å². The van der Waals surface area contributed by atoms with Gasteiger partial charge in [-0.1, -0.05) is 6.92 Å². The number of hydrogen-bond donors (Lipinski definition) is 1. The van der Waals surface area contributed by atoms with Crippen molar-refractivity contribution in [3.05, 3.63) is 0 Å². The largest absolute Gasteiger partial charge is 0.330 e. The zero-order valence-electron chi connectivity index (χ0n) is 8.02. The second-order valence-corrected chi connectivity index (χ2v) is 4.62. The molecule has 0 aromatic heterocycles. The molecule has 12 heavy (non-hydrogen) atoms. The van der Waals surface area contributed by atoms with E-state index in [-0.39, 0.29) is 0 Å². The first kappa shape index (κ1) is 10.3. The third kappa shape index (κ3) is 1.76. The Morgan fingerprint density at radius 2 is 2.17 bits per heavy atom. The Balaban J connectivity index is 2.69. The maximum atomic E-state index is 9.96. The fourth-order valence-electron chi connectivity index (χ4n) is 2.03. The van der Waals surface area contributed by atoms with Gasteiger partial charge in [0.2, 0.25) is 0 Å². The molecule has 0 aromatic rings. The van der Waals surface area contributed by atoms with Crippen molar-refractivity contribution in [2.75, 3.05) is 20.1 Å². The van der Waals surface area contributed by atoms with Gasteiger partial charge in [0, 0.05) is 6.42 Å². The van der Waals surface area contributed by atoms with Crippen LogP contribution in [0, 0.1) is 0 Å². The minimum Gasteiger partial charge on any atom is -0.330 e. The first-order valence-corrected chi connectivity index (χ1v) is 5.15. The summed E-state index contributed by atoms with van der Waals surface area (Å²) in [7, 11) is 2.05. The predicted octanol–water partition coefficient (Wildman–Crippen LogP) is 1.91. The first-order chi connectivity index (χ1) is 5.52. The minimum absolute atomic E-state index is 0.616. The van der Waals surface area contributed by atoms with Crippen LogP contribution in [0.15, 0.2) is 0 Å². The number of nitrogens with zero attached hydrogens (tertiary/aromatic N) is 1. The van der Waals surface area contributed by atoms with Crippen molar-refractivity contribution in [2.24, 2.45) is 0 Å². The first-order valence-electron chi connectivity index (χ1n) is 4.78. The molecule has 2 nitrogen and oxygen atoms in total. The van der Waals surface area contributed by atoms with Crippen LogP contribution >= 0.6 is 11.6 Å². The molecule has 1 fully saturated rings. The lowest BCUT2D eigenvalue weighted by atomic mass is 10.1. The van der Waals surface area contributed by atoms with Gasteiger partial charge in [-0.05, 0) is 30.9 Å². The smallest absolute Gasteiger partial charge is 0.280 e. The molecule has 0 amide bonds. The van der Waals surface area contributed by atoms with Gasteiger partial charge in [0.05, 0.1) is 20.1 Å². The van der Waals surface area contributed by atoms with Gasteiger partial charge in [0.1, 0.15) is 0 Å². The van der Waals surface area contributed by atoms with Crippen LogP contribution in [0.2, 0.25) is 0 Å². The topological polar surface area (TPSA) is 20.2 Å². The summed E-state index contributed by atoms with van der Waals surface area (Å²) in [5.74, 6) is 0. The van der Waals surface area contributed by atoms with Gasteiger partial charge < -0.3 is 5.11 Å². The Morgan fingerprint density at radius 3 is 2.67 bits per heavy atom. The fourth-order valence-corrected chi connectivity index (χ4v) is 2.33. The lowest BCUT2D eigenvalue weighted by Gasteiger charge is -2.46. The predicted molar refractivity (Wildman–Crippen MR) is 50.9 cm³/mol. The molecule has 1 aliphatic rings. The normalized spacial score (nSPS) is 43.0. The molecule has 2 unspecified atom stereocenters. The monoisotopic (exact) mass is 192 g/mol. The summed E-state index contributed by atoms with van der Waals surface area (Å²) >= 11 is 6.09. The lowest BCUT2D eigenvalue weighted by molar-refractivity contribution is -0.972. The molecule has 0 saturated carbocycles. The second kappa shape index (κ2) is 3.52. The van der Waals surface area contributed by atoms with Crippen molar-refractivity contribution in [1.29, 1.82) is 0 Å². The molecule has 1 rings (SSSR count). The molecule has 3 heteroatoms. The standard InChI is InChI=1S/C9H19ClNO/c1-3-7-11(2)8-5-4-6-9(11,10)12/h12H,3-8H2,1-2H3/q+1. The van der Waals surface area contributed by atoms with Crippen LogP contribution < -0.4 is 0 Å². The molecule has 0 aliphatic carbocycles. The van der Waals surface area contributed by atoms with E-state index >= 15 is 0 Å². The molecule has 72 valence electrons. The van der Waals surface area contributed by atoms with Gasteiger partial charge >= 0.3 is 0 Å². The molecule has 0 radical (unpaired) electrons. The summed E-state index contributed by atoms with van der Waals surface area (Å²) in [5, 5.41) is 8.96. The number of halogens is 1. The molecular formula is C9H19ClNO+. The van der Waals surface area contributed by atoms with E-state index in [1.54, 1.807) is 0 Å². The number of piperidine rings is 1. The van der Waals surface area contributed by atoms with E-state index < -0.39 is 5.18 Å². The van der Waals surface area contributed by atoms with Crippen LogP contribution in [0.25, 0.3) is 0 Å². The van der Waals surface area contributed by atoms with Crippen LogP contribution in [-0.2, 0) is 0 Å². The highest BCUT2D eigenvalue weighted by atomic mass is 35.5. The van der Waals surface area contributed by atoms with Gasteiger partial charge in [-0.15, -0.1) is 0 Å². The minimum atomic E-state index is -1.01. The molecule has 1 N–H and O–H groups in total. The van der Waals surface area contributed by atoms with E-state index in [2.05, 4.69) is 14.0 Å². The van der Waals surface area contributed by atoms with E-state index in [0.717, 1.165) is 32.4 Å². The summed E-state index contributed by atoms with van der Waals surface area (Å²) in [6.45, 7) is 4.11. The highest BCUT2D eigenvalue weighted by Gasteiger charge is 2.46. The van der Waals surface area contributed by atoms with Gasteiger partial charge in [-0.2, -0.15) is 0 Å². The van der Waals surface area contributed by atoms with Crippen LogP contribution in [0.1, 0.15) is 32.6 Å². The van der Waals surface area contributed by atoms with Crippen LogP contribution in [-0.4, -0.2) is 34.9 Å². The van der Waals surface area contributed by atoms with E-state index in [9.17, 15) is 5.11 Å². The molecule has 0 aromatic carbocycles. The number of alkyl halides is 1.